The number of hydrogen-bond donors (Lipinski definition) is 0. The highest BCUT2D eigenvalue weighted by molar-refractivity contribution is 6.31. The summed E-state index contributed by atoms with van der Waals surface area (Å²) in [6, 6.07) is 6.13. The first kappa shape index (κ1) is 14.4. The van der Waals surface area contributed by atoms with Crippen LogP contribution < -0.4 is 4.90 Å². The molecule has 1 fully saturated rings. The first-order chi connectivity index (χ1) is 8.97. The van der Waals surface area contributed by atoms with Gasteiger partial charge in [-0.15, -0.1) is 0 Å². The van der Waals surface area contributed by atoms with E-state index in [-0.39, 0.29) is 5.78 Å². The van der Waals surface area contributed by atoms with Gasteiger partial charge in [0.1, 0.15) is 0 Å². The van der Waals surface area contributed by atoms with Gasteiger partial charge in [-0.1, -0.05) is 11.6 Å². The highest BCUT2D eigenvalue weighted by atomic mass is 35.5. The van der Waals surface area contributed by atoms with Crippen molar-refractivity contribution in [3.8, 4) is 0 Å². The molecule has 1 heterocycles. The van der Waals surface area contributed by atoms with E-state index in [1.165, 1.54) is 0 Å². The lowest BCUT2D eigenvalue weighted by Crippen LogP contribution is -2.42. The molecular weight excluding hydrogens is 260 g/mol. The monoisotopic (exact) mass is 280 g/mol. The molecule has 0 bridgehead atoms. The van der Waals surface area contributed by atoms with E-state index in [1.54, 1.807) is 13.0 Å². The summed E-state index contributed by atoms with van der Waals surface area (Å²) in [4.78, 5) is 16.1. The number of nitrogens with zero attached hydrogens (tertiary/aromatic N) is 2. The third-order valence-electron chi connectivity index (χ3n) is 3.93. The normalized spacial score (nSPS) is 17.5. The van der Waals surface area contributed by atoms with Crippen LogP contribution in [0, 0.1) is 0 Å². The summed E-state index contributed by atoms with van der Waals surface area (Å²) < 4.78 is 0. The van der Waals surface area contributed by atoms with E-state index in [2.05, 4.69) is 23.9 Å². The van der Waals surface area contributed by atoms with Crippen LogP contribution in [0.4, 0.5) is 5.69 Å². The van der Waals surface area contributed by atoms with Crippen LogP contribution in [0.15, 0.2) is 18.2 Å². The van der Waals surface area contributed by atoms with Gasteiger partial charge in [-0.05, 0) is 58.1 Å². The van der Waals surface area contributed by atoms with Gasteiger partial charge in [-0.25, -0.2) is 0 Å². The Kier molecular flexibility index (Phi) is 4.48. The molecule has 0 radical (unpaired) electrons. The van der Waals surface area contributed by atoms with E-state index in [4.69, 9.17) is 11.6 Å². The highest BCUT2D eigenvalue weighted by Crippen LogP contribution is 2.26. The second-order valence-electron chi connectivity index (χ2n) is 5.40. The lowest BCUT2D eigenvalue weighted by Gasteiger charge is -2.36. The molecule has 0 unspecified atom stereocenters. The van der Waals surface area contributed by atoms with Crippen molar-refractivity contribution >= 4 is 23.1 Å². The van der Waals surface area contributed by atoms with Gasteiger partial charge < -0.3 is 9.80 Å². The number of piperidine rings is 1. The third kappa shape index (κ3) is 3.48. The van der Waals surface area contributed by atoms with Crippen molar-refractivity contribution < 1.29 is 4.79 Å². The zero-order valence-corrected chi connectivity index (χ0v) is 12.6. The number of Topliss-reactive ketones (excluding diaryl/α,β-unsaturated/α-hetero) is 1. The summed E-state index contributed by atoms with van der Waals surface area (Å²) in [7, 11) is 4.25. The maximum Gasteiger partial charge on any atom is 0.159 e. The molecular formula is C15H21ClN2O. The fourth-order valence-electron chi connectivity index (χ4n) is 2.57. The molecule has 0 spiro atoms. The Balaban J connectivity index is 2.18. The van der Waals surface area contributed by atoms with E-state index in [0.717, 1.165) is 31.6 Å². The maximum atomic E-state index is 11.5. The molecule has 1 saturated heterocycles. The van der Waals surface area contributed by atoms with Crippen LogP contribution in [0.25, 0.3) is 0 Å². The van der Waals surface area contributed by atoms with E-state index in [1.807, 2.05) is 12.1 Å². The van der Waals surface area contributed by atoms with Crippen molar-refractivity contribution in [1.29, 1.82) is 0 Å². The Hall–Kier alpha value is -1.06. The SMILES string of the molecule is CC(=O)c1cc(Cl)cc(N(C)C2CCN(C)CC2)c1. The molecule has 1 aromatic rings. The number of likely N-dealkylation sites (tertiary alicyclic amines) is 1. The minimum absolute atomic E-state index is 0.0560. The molecule has 104 valence electrons. The maximum absolute atomic E-state index is 11.5. The standard InChI is InChI=1S/C15H21ClN2O/c1-11(19)12-8-13(16)10-15(9-12)18(3)14-4-6-17(2)7-5-14/h8-10,14H,4-7H2,1-3H3. The Morgan fingerprint density at radius 3 is 2.53 bits per heavy atom. The molecule has 1 aliphatic heterocycles. The third-order valence-corrected chi connectivity index (χ3v) is 4.15. The fraction of sp³-hybridized carbons (Fsp3) is 0.533. The minimum atomic E-state index is 0.0560. The van der Waals surface area contributed by atoms with Crippen molar-refractivity contribution in [3.05, 3.63) is 28.8 Å². The van der Waals surface area contributed by atoms with E-state index < -0.39 is 0 Å². The Morgan fingerprint density at radius 1 is 1.32 bits per heavy atom. The molecule has 0 aliphatic carbocycles. The number of benzene rings is 1. The zero-order chi connectivity index (χ0) is 14.0. The number of carbonyl (C=O) groups is 1. The molecule has 0 N–H and O–H groups in total. The second-order valence-corrected chi connectivity index (χ2v) is 5.84. The molecule has 4 heteroatoms. The van der Waals surface area contributed by atoms with Crippen LogP contribution in [-0.2, 0) is 0 Å². The van der Waals surface area contributed by atoms with Gasteiger partial charge in [-0.2, -0.15) is 0 Å². The Morgan fingerprint density at radius 2 is 1.95 bits per heavy atom. The van der Waals surface area contributed by atoms with Crippen molar-refractivity contribution in [3.63, 3.8) is 0 Å². The quantitative estimate of drug-likeness (QED) is 0.795. The Labute approximate surface area is 120 Å². The molecule has 0 atom stereocenters. The number of halogens is 1. The lowest BCUT2D eigenvalue weighted by atomic mass is 10.0. The van der Waals surface area contributed by atoms with Gasteiger partial charge in [-0.3, -0.25) is 4.79 Å². The van der Waals surface area contributed by atoms with Gasteiger partial charge >= 0.3 is 0 Å². The summed E-state index contributed by atoms with van der Waals surface area (Å²) in [6.45, 7) is 3.81. The van der Waals surface area contributed by atoms with Crippen molar-refractivity contribution in [2.75, 3.05) is 32.1 Å². The molecule has 1 aliphatic rings. The van der Waals surface area contributed by atoms with E-state index in [0.29, 0.717) is 16.6 Å². The minimum Gasteiger partial charge on any atom is -0.371 e. The van der Waals surface area contributed by atoms with Gasteiger partial charge in [0.25, 0.3) is 0 Å². The molecule has 0 aromatic heterocycles. The van der Waals surface area contributed by atoms with Crippen molar-refractivity contribution in [2.24, 2.45) is 0 Å². The molecule has 0 amide bonds. The lowest BCUT2D eigenvalue weighted by molar-refractivity contribution is 0.101. The molecule has 19 heavy (non-hydrogen) atoms. The molecule has 0 saturated carbocycles. The Bertz CT molecular complexity index is 467. The summed E-state index contributed by atoms with van der Waals surface area (Å²) in [5.74, 6) is 0.0560. The van der Waals surface area contributed by atoms with Crippen LogP contribution in [0.2, 0.25) is 5.02 Å². The van der Waals surface area contributed by atoms with Crippen LogP contribution in [-0.4, -0.2) is 43.9 Å². The first-order valence-corrected chi connectivity index (χ1v) is 7.08. The van der Waals surface area contributed by atoms with Crippen LogP contribution in [0.5, 0.6) is 0 Å². The fourth-order valence-corrected chi connectivity index (χ4v) is 2.80. The number of carbonyl (C=O) groups excluding carboxylic acids is 1. The topological polar surface area (TPSA) is 23.6 Å². The van der Waals surface area contributed by atoms with Crippen molar-refractivity contribution in [2.45, 2.75) is 25.8 Å². The van der Waals surface area contributed by atoms with Gasteiger partial charge in [0.2, 0.25) is 0 Å². The average Bonchev–Trinajstić information content (AvgIpc) is 2.38. The van der Waals surface area contributed by atoms with Crippen LogP contribution >= 0.6 is 11.6 Å². The summed E-state index contributed by atoms with van der Waals surface area (Å²) in [5, 5.41) is 0.627. The summed E-state index contributed by atoms with van der Waals surface area (Å²) in [5.41, 5.74) is 1.72. The first-order valence-electron chi connectivity index (χ1n) is 6.70. The number of rotatable bonds is 3. The van der Waals surface area contributed by atoms with E-state index in [9.17, 15) is 4.79 Å². The number of anilines is 1. The van der Waals surface area contributed by atoms with Crippen molar-refractivity contribution in [1.82, 2.24) is 4.90 Å². The van der Waals surface area contributed by atoms with E-state index >= 15 is 0 Å². The predicted octanol–water partition coefficient (Wildman–Crippen LogP) is 3.07. The van der Waals surface area contributed by atoms with Gasteiger partial charge in [0.15, 0.2) is 5.78 Å². The average molecular weight is 281 g/mol. The summed E-state index contributed by atoms with van der Waals surface area (Å²) in [6.07, 6.45) is 2.30. The second kappa shape index (κ2) is 5.93. The van der Waals surface area contributed by atoms with Gasteiger partial charge in [0, 0.05) is 29.4 Å². The number of ketones is 1. The van der Waals surface area contributed by atoms with Crippen LogP contribution in [0.3, 0.4) is 0 Å². The molecule has 3 nitrogen and oxygen atoms in total. The smallest absolute Gasteiger partial charge is 0.159 e. The molecule has 1 aromatic carbocycles. The largest absolute Gasteiger partial charge is 0.371 e. The summed E-state index contributed by atoms with van der Waals surface area (Å²) >= 11 is 6.11. The molecule has 2 rings (SSSR count). The predicted molar refractivity (Wildman–Crippen MR) is 80.4 cm³/mol. The van der Waals surface area contributed by atoms with Crippen LogP contribution in [0.1, 0.15) is 30.1 Å². The van der Waals surface area contributed by atoms with Gasteiger partial charge in [0.05, 0.1) is 0 Å². The number of hydrogen-bond acceptors (Lipinski definition) is 3. The highest BCUT2D eigenvalue weighted by Gasteiger charge is 2.21. The zero-order valence-electron chi connectivity index (χ0n) is 11.8.